The summed E-state index contributed by atoms with van der Waals surface area (Å²) >= 11 is 0. The number of nitrogens with zero attached hydrogens (tertiary/aromatic N) is 2. The van der Waals surface area contributed by atoms with E-state index in [2.05, 4.69) is 24.1 Å². The molecule has 2 heterocycles. The summed E-state index contributed by atoms with van der Waals surface area (Å²) in [7, 11) is 0. The van der Waals surface area contributed by atoms with Crippen LogP contribution in [0.1, 0.15) is 60.2 Å². The van der Waals surface area contributed by atoms with Crippen molar-refractivity contribution in [2.45, 2.75) is 63.8 Å². The maximum atomic E-state index is 12.9. The fourth-order valence-electron chi connectivity index (χ4n) is 4.49. The van der Waals surface area contributed by atoms with E-state index in [9.17, 15) is 24.0 Å². The largest absolute Gasteiger partial charge is 0.490 e. The van der Waals surface area contributed by atoms with E-state index in [1.165, 1.54) is 0 Å². The smallest absolute Gasteiger partial charge is 0.262 e. The molecule has 1 saturated carbocycles. The van der Waals surface area contributed by atoms with Crippen LogP contribution in [0.4, 0.5) is 0 Å². The lowest BCUT2D eigenvalue weighted by Crippen LogP contribution is -2.54. The Hall–Kier alpha value is -3.07. The second-order valence-electron chi connectivity index (χ2n) is 8.48. The molecule has 0 aromatic heterocycles. The molecule has 164 valence electrons. The Morgan fingerprint density at radius 2 is 1.87 bits per heavy atom. The first-order valence-electron chi connectivity index (χ1n) is 10.5. The summed E-state index contributed by atoms with van der Waals surface area (Å²) in [5.74, 6) is -1.64. The summed E-state index contributed by atoms with van der Waals surface area (Å²) in [5, 5.41) is 2.18. The van der Waals surface area contributed by atoms with Gasteiger partial charge in [0.05, 0.1) is 17.7 Å². The number of rotatable bonds is 7. The molecule has 2 fully saturated rings. The average Bonchev–Trinajstić information content (AvgIpc) is 2.93. The van der Waals surface area contributed by atoms with Gasteiger partial charge in [0, 0.05) is 31.3 Å². The van der Waals surface area contributed by atoms with Gasteiger partial charge in [0.25, 0.3) is 11.8 Å². The number of amides is 4. The number of hydrogen-bond acceptors (Lipinski definition) is 7. The molecule has 2 aliphatic heterocycles. The highest BCUT2D eigenvalue weighted by molar-refractivity contribution is 6.23. The second-order valence-corrected chi connectivity index (χ2v) is 8.48. The van der Waals surface area contributed by atoms with Crippen molar-refractivity contribution in [2.75, 3.05) is 6.54 Å². The minimum Gasteiger partial charge on any atom is -0.490 e. The quantitative estimate of drug-likeness (QED) is 0.508. The molecule has 3 aliphatic rings. The summed E-state index contributed by atoms with van der Waals surface area (Å²) in [6.45, 7) is 4.49. The summed E-state index contributed by atoms with van der Waals surface area (Å²) in [6.07, 6.45) is 2.63. The van der Waals surface area contributed by atoms with E-state index in [4.69, 9.17) is 4.74 Å². The van der Waals surface area contributed by atoms with E-state index in [0.717, 1.165) is 24.0 Å². The predicted molar refractivity (Wildman–Crippen MR) is 108 cm³/mol. The molecule has 1 N–H and O–H groups in total. The van der Waals surface area contributed by atoms with Gasteiger partial charge in [-0.25, -0.2) is 0 Å². The average molecular weight is 427 g/mol. The zero-order valence-corrected chi connectivity index (χ0v) is 17.5. The number of piperidine rings is 1. The van der Waals surface area contributed by atoms with Gasteiger partial charge in [-0.3, -0.25) is 34.3 Å². The lowest BCUT2D eigenvalue weighted by molar-refractivity contribution is -0.136. The van der Waals surface area contributed by atoms with Gasteiger partial charge in [-0.05, 0) is 38.5 Å². The maximum absolute atomic E-state index is 12.9. The van der Waals surface area contributed by atoms with Gasteiger partial charge < -0.3 is 9.53 Å². The first-order chi connectivity index (χ1) is 14.8. The molecule has 0 radical (unpaired) electrons. The van der Waals surface area contributed by atoms with Gasteiger partial charge in [-0.15, -0.1) is 0 Å². The number of carbonyl (C=O) groups excluding carboxylic acids is 5. The van der Waals surface area contributed by atoms with E-state index >= 15 is 0 Å². The first-order valence-corrected chi connectivity index (χ1v) is 10.5. The maximum Gasteiger partial charge on any atom is 0.262 e. The van der Waals surface area contributed by atoms with Crippen LogP contribution in [0.25, 0.3) is 0 Å². The fraction of sp³-hybridized carbons (Fsp3) is 0.500. The molecule has 9 nitrogen and oxygen atoms in total. The highest BCUT2D eigenvalue weighted by Gasteiger charge is 2.45. The topological polar surface area (TPSA) is 113 Å². The van der Waals surface area contributed by atoms with Crippen molar-refractivity contribution in [2.24, 2.45) is 0 Å². The SMILES string of the molecule is CC(C)N(CC=O)[C@H]1C[C@H](Oc2ccc3c(c2)C(=O)N(C2CCC(=O)NC2=O)C3=O)C1. The van der Waals surface area contributed by atoms with Gasteiger partial charge in [0.15, 0.2) is 0 Å². The molecule has 31 heavy (non-hydrogen) atoms. The number of hydrogen-bond donors (Lipinski definition) is 1. The summed E-state index contributed by atoms with van der Waals surface area (Å²) in [6, 6.07) is 4.28. The Morgan fingerprint density at radius 3 is 2.52 bits per heavy atom. The number of imide groups is 2. The van der Waals surface area contributed by atoms with Gasteiger partial charge in [-0.1, -0.05) is 0 Å². The number of nitrogens with one attached hydrogen (secondary N) is 1. The van der Waals surface area contributed by atoms with Crippen LogP contribution in [0.15, 0.2) is 18.2 Å². The van der Waals surface area contributed by atoms with E-state index in [1.807, 2.05) is 0 Å². The Kier molecular flexibility index (Phi) is 5.62. The van der Waals surface area contributed by atoms with Crippen molar-refractivity contribution in [1.82, 2.24) is 15.1 Å². The molecule has 1 saturated heterocycles. The van der Waals surface area contributed by atoms with Gasteiger partial charge >= 0.3 is 0 Å². The first kappa shape index (κ1) is 21.2. The Bertz CT molecular complexity index is 953. The van der Waals surface area contributed by atoms with Crippen LogP contribution in [0.5, 0.6) is 5.75 Å². The number of aldehydes is 1. The molecule has 1 aromatic carbocycles. The predicted octanol–water partition coefficient (Wildman–Crippen LogP) is 0.907. The third-order valence-electron chi connectivity index (χ3n) is 6.20. The Morgan fingerprint density at radius 1 is 1.16 bits per heavy atom. The third-order valence-corrected chi connectivity index (χ3v) is 6.20. The molecule has 1 aromatic rings. The molecule has 1 aliphatic carbocycles. The summed E-state index contributed by atoms with van der Waals surface area (Å²) in [5.41, 5.74) is 0.429. The van der Waals surface area contributed by atoms with Crippen LogP contribution in [0.2, 0.25) is 0 Å². The van der Waals surface area contributed by atoms with Gasteiger partial charge in [0.1, 0.15) is 24.2 Å². The Labute approximate surface area is 179 Å². The van der Waals surface area contributed by atoms with Crippen molar-refractivity contribution < 1.29 is 28.7 Å². The molecule has 0 bridgehead atoms. The zero-order chi connectivity index (χ0) is 22.3. The summed E-state index contributed by atoms with van der Waals surface area (Å²) < 4.78 is 5.99. The van der Waals surface area contributed by atoms with Crippen LogP contribution in [0.3, 0.4) is 0 Å². The second kappa shape index (κ2) is 8.22. The van der Waals surface area contributed by atoms with Gasteiger partial charge in [0.2, 0.25) is 11.8 Å². The highest BCUT2D eigenvalue weighted by atomic mass is 16.5. The van der Waals surface area contributed by atoms with Gasteiger partial charge in [-0.2, -0.15) is 0 Å². The fourth-order valence-corrected chi connectivity index (χ4v) is 4.49. The highest BCUT2D eigenvalue weighted by Crippen LogP contribution is 2.34. The minimum atomic E-state index is -0.985. The molecule has 1 unspecified atom stereocenters. The lowest BCUT2D eigenvalue weighted by Gasteiger charge is -2.43. The lowest BCUT2D eigenvalue weighted by atomic mass is 9.87. The zero-order valence-electron chi connectivity index (χ0n) is 17.5. The van der Waals surface area contributed by atoms with Crippen molar-refractivity contribution in [3.63, 3.8) is 0 Å². The molecule has 9 heteroatoms. The molecule has 1 atom stereocenters. The van der Waals surface area contributed by atoms with E-state index in [1.54, 1.807) is 18.2 Å². The monoisotopic (exact) mass is 427 g/mol. The van der Waals surface area contributed by atoms with E-state index < -0.39 is 29.7 Å². The summed E-state index contributed by atoms with van der Waals surface area (Å²) in [4.78, 5) is 63.1. The third kappa shape index (κ3) is 3.85. The van der Waals surface area contributed by atoms with Crippen LogP contribution >= 0.6 is 0 Å². The van der Waals surface area contributed by atoms with Crippen LogP contribution in [-0.2, 0) is 14.4 Å². The van der Waals surface area contributed by atoms with E-state index in [0.29, 0.717) is 12.3 Å². The van der Waals surface area contributed by atoms with Crippen molar-refractivity contribution in [3.05, 3.63) is 29.3 Å². The van der Waals surface area contributed by atoms with Crippen LogP contribution < -0.4 is 10.1 Å². The van der Waals surface area contributed by atoms with E-state index in [-0.39, 0.29) is 42.2 Å². The molecule has 4 rings (SSSR count). The van der Waals surface area contributed by atoms with Crippen LogP contribution in [0, 0.1) is 0 Å². The number of fused-ring (bicyclic) bond motifs is 1. The molecular formula is C22H25N3O6. The Balaban J connectivity index is 1.43. The van der Waals surface area contributed by atoms with Crippen LogP contribution in [-0.4, -0.2) is 70.5 Å². The number of benzene rings is 1. The van der Waals surface area contributed by atoms with Crippen molar-refractivity contribution in [1.29, 1.82) is 0 Å². The standard InChI is InChI=1S/C22H25N3O6/c1-12(2)24(7-8-26)13-9-15(10-13)31-14-3-4-16-17(11-14)22(30)25(21(16)29)18-5-6-19(27)23-20(18)28/h3-4,8,11-13,15,18H,5-7,9-10H2,1-2H3,(H,23,27,28)/t13-,15-,18?. The van der Waals surface area contributed by atoms with Crippen molar-refractivity contribution in [3.8, 4) is 5.75 Å². The molecule has 4 amide bonds. The minimum absolute atomic E-state index is 0.0330. The molecular weight excluding hydrogens is 402 g/mol. The number of ether oxygens (including phenoxy) is 1. The van der Waals surface area contributed by atoms with Crippen molar-refractivity contribution >= 4 is 29.9 Å². The normalized spacial score (nSPS) is 25.5. The molecule has 0 spiro atoms. The number of carbonyl (C=O) groups is 5.